The van der Waals surface area contributed by atoms with Crippen LogP contribution in [0.2, 0.25) is 0 Å². The first kappa shape index (κ1) is 13.0. The number of aliphatic hydroxyl groups is 2. The van der Waals surface area contributed by atoms with Crippen molar-refractivity contribution in [1.29, 1.82) is 0 Å². The van der Waals surface area contributed by atoms with Gasteiger partial charge < -0.3 is 20.4 Å². The normalized spacial score (nSPS) is 14.0. The highest BCUT2D eigenvalue weighted by atomic mass is 16.4. The summed E-state index contributed by atoms with van der Waals surface area (Å²) in [6, 6.07) is 0. The molecule has 0 saturated carbocycles. The lowest BCUT2D eigenvalue weighted by Gasteiger charge is -2.15. The molecule has 0 aliphatic heterocycles. The second-order valence-electron chi connectivity index (χ2n) is 3.26. The zero-order chi connectivity index (χ0) is 13.0. The van der Waals surface area contributed by atoms with Crippen LogP contribution in [-0.4, -0.2) is 48.4 Å². The Morgan fingerprint density at radius 3 is 2.12 bits per heavy atom. The van der Waals surface area contributed by atoms with Gasteiger partial charge in [0, 0.05) is 18.0 Å². The maximum atomic E-state index is 10.4. The van der Waals surface area contributed by atoms with Crippen molar-refractivity contribution in [3.05, 3.63) is 23.8 Å². The molecule has 0 aliphatic rings. The summed E-state index contributed by atoms with van der Waals surface area (Å²) in [7, 11) is 0. The Morgan fingerprint density at radius 2 is 1.71 bits per heavy atom. The lowest BCUT2D eigenvalue weighted by Crippen LogP contribution is -2.22. The van der Waals surface area contributed by atoms with E-state index in [0.717, 1.165) is 12.4 Å². The third-order valence-electron chi connectivity index (χ3n) is 1.95. The third-order valence-corrected chi connectivity index (χ3v) is 1.95. The van der Waals surface area contributed by atoms with Crippen LogP contribution in [0.25, 0.3) is 0 Å². The fraction of sp³-hybridized carbons (Fsp3) is 0.333. The molecule has 0 bridgehead atoms. The van der Waals surface area contributed by atoms with E-state index < -0.39 is 36.4 Å². The van der Waals surface area contributed by atoms with E-state index in [4.69, 9.17) is 10.2 Å². The highest BCUT2D eigenvalue weighted by Gasteiger charge is 2.22. The van der Waals surface area contributed by atoms with Gasteiger partial charge in [0.05, 0.1) is 12.5 Å². The summed E-state index contributed by atoms with van der Waals surface area (Å²) in [6.45, 7) is 0. The molecule has 1 rings (SSSR count). The number of hydrogen-bond donors (Lipinski definition) is 4. The Morgan fingerprint density at radius 1 is 1.18 bits per heavy atom. The Hall–Kier alpha value is -2.06. The molecule has 17 heavy (non-hydrogen) atoms. The average molecular weight is 242 g/mol. The zero-order valence-corrected chi connectivity index (χ0v) is 8.52. The molecule has 2 atom stereocenters. The summed E-state index contributed by atoms with van der Waals surface area (Å²) in [4.78, 5) is 27.6. The van der Waals surface area contributed by atoms with Crippen LogP contribution in [0.1, 0.15) is 28.7 Å². The molecule has 92 valence electrons. The number of aliphatic carboxylic acids is 1. The van der Waals surface area contributed by atoms with Crippen molar-refractivity contribution in [2.24, 2.45) is 0 Å². The van der Waals surface area contributed by atoms with E-state index in [1.807, 2.05) is 0 Å². The van der Waals surface area contributed by atoms with Crippen LogP contribution < -0.4 is 0 Å². The van der Waals surface area contributed by atoms with Gasteiger partial charge in [0.15, 0.2) is 0 Å². The summed E-state index contributed by atoms with van der Waals surface area (Å²) in [5.74, 6) is -3.04. The van der Waals surface area contributed by atoms with Crippen LogP contribution in [0, 0.1) is 0 Å². The molecular formula is C9H10N2O6. The number of carboxylic acid groups (broad SMARTS) is 2. The molecule has 1 aromatic rings. The third kappa shape index (κ3) is 3.47. The van der Waals surface area contributed by atoms with E-state index in [1.165, 1.54) is 0 Å². The van der Waals surface area contributed by atoms with Crippen LogP contribution in [0.4, 0.5) is 0 Å². The van der Waals surface area contributed by atoms with Crippen molar-refractivity contribution < 1.29 is 30.0 Å². The van der Waals surface area contributed by atoms with E-state index in [9.17, 15) is 19.8 Å². The highest BCUT2D eigenvalue weighted by molar-refractivity contribution is 5.82. The van der Waals surface area contributed by atoms with Gasteiger partial charge in [-0.05, 0) is 0 Å². The molecule has 8 nitrogen and oxygen atoms in total. The summed E-state index contributed by atoms with van der Waals surface area (Å²) in [5.41, 5.74) is 0.0451. The van der Waals surface area contributed by atoms with Gasteiger partial charge in [-0.15, -0.1) is 0 Å². The second kappa shape index (κ2) is 5.32. The molecular weight excluding hydrogens is 232 g/mol. The number of nitrogens with zero attached hydrogens (tertiary/aromatic N) is 2. The predicted molar refractivity (Wildman–Crippen MR) is 52.2 cm³/mol. The zero-order valence-electron chi connectivity index (χ0n) is 8.52. The first-order valence-electron chi connectivity index (χ1n) is 4.55. The standard InChI is InChI=1S/C9H10N2O6/c12-5(1-6(13)14)7(15)4-2-10-8(9(16)17)11-3-4/h2-3,5,7,12,15H,1H2,(H,13,14)(H,16,17). The van der Waals surface area contributed by atoms with E-state index in [0.29, 0.717) is 0 Å². The lowest BCUT2D eigenvalue weighted by molar-refractivity contribution is -0.141. The summed E-state index contributed by atoms with van der Waals surface area (Å²) >= 11 is 0. The molecule has 1 aromatic heterocycles. The van der Waals surface area contributed by atoms with E-state index in [1.54, 1.807) is 0 Å². The number of aromatic nitrogens is 2. The number of rotatable bonds is 5. The van der Waals surface area contributed by atoms with Crippen LogP contribution in [-0.2, 0) is 4.79 Å². The maximum absolute atomic E-state index is 10.4. The molecule has 0 aliphatic carbocycles. The molecule has 0 fully saturated rings. The Bertz CT molecular complexity index is 418. The monoisotopic (exact) mass is 242 g/mol. The smallest absolute Gasteiger partial charge is 0.373 e. The minimum Gasteiger partial charge on any atom is -0.481 e. The van der Waals surface area contributed by atoms with Gasteiger partial charge in [-0.3, -0.25) is 4.79 Å². The summed E-state index contributed by atoms with van der Waals surface area (Å²) in [6.07, 6.45) is -1.58. The maximum Gasteiger partial charge on any atom is 0.373 e. The van der Waals surface area contributed by atoms with Crippen molar-refractivity contribution in [2.75, 3.05) is 0 Å². The molecule has 4 N–H and O–H groups in total. The fourth-order valence-electron chi connectivity index (χ4n) is 1.11. The van der Waals surface area contributed by atoms with Gasteiger partial charge in [-0.1, -0.05) is 0 Å². The van der Waals surface area contributed by atoms with Crippen LogP contribution >= 0.6 is 0 Å². The van der Waals surface area contributed by atoms with Gasteiger partial charge in [0.2, 0.25) is 5.82 Å². The Labute approximate surface area is 95.2 Å². The molecule has 0 amide bonds. The van der Waals surface area contributed by atoms with Gasteiger partial charge in [0.1, 0.15) is 6.10 Å². The van der Waals surface area contributed by atoms with Gasteiger partial charge in [0.25, 0.3) is 0 Å². The molecule has 0 radical (unpaired) electrons. The van der Waals surface area contributed by atoms with Crippen molar-refractivity contribution in [3.63, 3.8) is 0 Å². The second-order valence-corrected chi connectivity index (χ2v) is 3.26. The predicted octanol–water partition coefficient (Wildman–Crippen LogP) is -0.956. The number of aromatic carboxylic acids is 1. The van der Waals surface area contributed by atoms with Crippen LogP contribution in [0.3, 0.4) is 0 Å². The summed E-state index contributed by atoms with van der Waals surface area (Å²) in [5, 5.41) is 35.8. The molecule has 2 unspecified atom stereocenters. The topological polar surface area (TPSA) is 141 Å². The lowest BCUT2D eigenvalue weighted by atomic mass is 10.1. The highest BCUT2D eigenvalue weighted by Crippen LogP contribution is 2.17. The van der Waals surface area contributed by atoms with Crippen molar-refractivity contribution in [1.82, 2.24) is 9.97 Å². The van der Waals surface area contributed by atoms with Crippen molar-refractivity contribution in [3.8, 4) is 0 Å². The quantitative estimate of drug-likeness (QED) is 0.517. The Kier molecular flexibility index (Phi) is 4.07. The molecule has 8 heteroatoms. The number of carboxylic acids is 2. The summed E-state index contributed by atoms with van der Waals surface area (Å²) < 4.78 is 0. The van der Waals surface area contributed by atoms with Gasteiger partial charge in [-0.25, -0.2) is 14.8 Å². The van der Waals surface area contributed by atoms with Gasteiger partial charge >= 0.3 is 11.9 Å². The first-order valence-corrected chi connectivity index (χ1v) is 4.55. The van der Waals surface area contributed by atoms with E-state index in [-0.39, 0.29) is 5.56 Å². The number of carbonyl (C=O) groups is 2. The van der Waals surface area contributed by atoms with Crippen molar-refractivity contribution in [2.45, 2.75) is 18.6 Å². The average Bonchev–Trinajstić information content (AvgIpc) is 2.27. The van der Waals surface area contributed by atoms with Gasteiger partial charge in [-0.2, -0.15) is 0 Å². The molecule has 0 saturated heterocycles. The van der Waals surface area contributed by atoms with Crippen molar-refractivity contribution >= 4 is 11.9 Å². The molecule has 1 heterocycles. The van der Waals surface area contributed by atoms with Crippen LogP contribution in [0.5, 0.6) is 0 Å². The number of aliphatic hydroxyl groups excluding tert-OH is 2. The molecule has 0 spiro atoms. The first-order chi connectivity index (χ1) is 7.91. The molecule has 0 aromatic carbocycles. The largest absolute Gasteiger partial charge is 0.481 e. The minimum atomic E-state index is -1.51. The van der Waals surface area contributed by atoms with E-state index >= 15 is 0 Å². The Balaban J connectivity index is 2.78. The van der Waals surface area contributed by atoms with E-state index in [2.05, 4.69) is 9.97 Å². The number of hydrogen-bond acceptors (Lipinski definition) is 6. The van der Waals surface area contributed by atoms with Crippen LogP contribution in [0.15, 0.2) is 12.4 Å². The minimum absolute atomic E-state index is 0.0451. The fourth-order valence-corrected chi connectivity index (χ4v) is 1.11. The SMILES string of the molecule is O=C(O)CC(O)C(O)c1cnc(C(=O)O)nc1.